The number of ether oxygens (including phenoxy) is 1. The number of carbonyl (C=O) groups excluding carboxylic acids is 1. The van der Waals surface area contributed by atoms with Crippen LogP contribution >= 0.6 is 0 Å². The summed E-state index contributed by atoms with van der Waals surface area (Å²) < 4.78 is 41.4. The van der Waals surface area contributed by atoms with Gasteiger partial charge in [-0.05, 0) is 60.1 Å². The van der Waals surface area contributed by atoms with Crippen LogP contribution in [0.25, 0.3) is 11.1 Å². The fourth-order valence-corrected chi connectivity index (χ4v) is 5.60. The predicted octanol–water partition coefficient (Wildman–Crippen LogP) is 5.93. The largest absolute Gasteiger partial charge is 0.573 e. The van der Waals surface area contributed by atoms with Crippen LogP contribution in [0.2, 0.25) is 0 Å². The van der Waals surface area contributed by atoms with E-state index in [4.69, 9.17) is 4.98 Å². The van der Waals surface area contributed by atoms with Crippen LogP contribution in [-0.2, 0) is 29.6 Å². The molecule has 1 fully saturated rings. The molecule has 0 radical (unpaired) electrons. The van der Waals surface area contributed by atoms with E-state index in [0.717, 1.165) is 35.2 Å². The first-order valence-corrected chi connectivity index (χ1v) is 13.6. The summed E-state index contributed by atoms with van der Waals surface area (Å²) >= 11 is 0. The number of hydrogen-bond acceptors (Lipinski definition) is 4. The number of rotatable bonds is 6. The van der Waals surface area contributed by atoms with Crippen molar-refractivity contribution in [3.05, 3.63) is 117 Å². The van der Waals surface area contributed by atoms with Crippen LogP contribution in [-0.4, -0.2) is 33.7 Å². The highest BCUT2D eigenvalue weighted by atomic mass is 19.4. The Morgan fingerprint density at radius 2 is 1.73 bits per heavy atom. The molecule has 1 amide bonds. The number of benzene rings is 3. The summed E-state index contributed by atoms with van der Waals surface area (Å²) in [5.74, 6) is 0.315. The summed E-state index contributed by atoms with van der Waals surface area (Å²) in [6.07, 6.45) is -1.40. The molecule has 4 aromatic rings. The van der Waals surface area contributed by atoms with Crippen LogP contribution in [0, 0.1) is 0 Å². The van der Waals surface area contributed by atoms with E-state index < -0.39 is 6.36 Å². The molecule has 1 aliphatic heterocycles. The highest BCUT2D eigenvalue weighted by Gasteiger charge is 2.48. The van der Waals surface area contributed by atoms with Crippen LogP contribution in [0.15, 0.2) is 83.7 Å². The second kappa shape index (κ2) is 10.5. The number of aromatic amines is 1. The van der Waals surface area contributed by atoms with Gasteiger partial charge in [-0.3, -0.25) is 9.59 Å². The van der Waals surface area contributed by atoms with E-state index in [0.29, 0.717) is 36.3 Å². The highest BCUT2D eigenvalue weighted by molar-refractivity contribution is 5.79. The van der Waals surface area contributed by atoms with Crippen molar-refractivity contribution >= 4 is 5.91 Å². The van der Waals surface area contributed by atoms with E-state index in [1.54, 1.807) is 17.0 Å². The molecule has 6 rings (SSSR count). The van der Waals surface area contributed by atoms with E-state index in [1.807, 2.05) is 42.5 Å². The molecule has 2 heterocycles. The monoisotopic (exact) mass is 559 g/mol. The van der Waals surface area contributed by atoms with E-state index >= 15 is 0 Å². The highest BCUT2D eigenvalue weighted by Crippen LogP contribution is 2.51. The molecule has 0 spiro atoms. The van der Waals surface area contributed by atoms with Crippen molar-refractivity contribution in [1.29, 1.82) is 0 Å². The summed E-state index contributed by atoms with van der Waals surface area (Å²) in [6, 6.07) is 23.1. The molecule has 1 saturated carbocycles. The number of H-pyrrole nitrogens is 1. The maximum absolute atomic E-state index is 13.4. The lowest BCUT2D eigenvalue weighted by Crippen LogP contribution is -2.34. The van der Waals surface area contributed by atoms with E-state index in [2.05, 4.69) is 21.9 Å². The lowest BCUT2D eigenvalue weighted by Gasteiger charge is -2.21. The number of hydrogen-bond donors (Lipinski definition) is 1. The summed E-state index contributed by atoms with van der Waals surface area (Å²) in [4.78, 5) is 36.3. The fourth-order valence-electron chi connectivity index (χ4n) is 5.60. The Hall–Kier alpha value is -4.40. The Morgan fingerprint density at radius 3 is 2.44 bits per heavy atom. The van der Waals surface area contributed by atoms with Crippen molar-refractivity contribution < 1.29 is 22.7 Å². The number of amides is 1. The smallest absolute Gasteiger partial charge is 0.406 e. The molecule has 1 aromatic heterocycles. The van der Waals surface area contributed by atoms with E-state index in [1.165, 1.54) is 12.1 Å². The Morgan fingerprint density at radius 1 is 0.976 bits per heavy atom. The Labute approximate surface area is 234 Å². The summed E-state index contributed by atoms with van der Waals surface area (Å²) in [6.45, 7) is 0.726. The number of carbonyl (C=O) groups is 1. The summed E-state index contributed by atoms with van der Waals surface area (Å²) in [5, 5.41) is 0. The Bertz CT molecular complexity index is 1630. The molecule has 6 nitrogen and oxygen atoms in total. The van der Waals surface area contributed by atoms with Gasteiger partial charge in [-0.2, -0.15) is 0 Å². The van der Waals surface area contributed by atoms with Crippen LogP contribution in [0.1, 0.15) is 47.5 Å². The number of aryl methyl sites for hydroxylation is 1. The van der Waals surface area contributed by atoms with Gasteiger partial charge in [0.25, 0.3) is 5.56 Å². The molecular formula is C32H28F3N3O3. The van der Waals surface area contributed by atoms with Gasteiger partial charge in [-0.25, -0.2) is 4.98 Å². The number of aromatic nitrogens is 2. The zero-order valence-electron chi connectivity index (χ0n) is 22.2. The van der Waals surface area contributed by atoms with Crippen LogP contribution in [0.5, 0.6) is 5.75 Å². The van der Waals surface area contributed by atoms with E-state index in [9.17, 15) is 22.8 Å². The van der Waals surface area contributed by atoms with E-state index in [-0.39, 0.29) is 35.6 Å². The number of halogens is 3. The van der Waals surface area contributed by atoms with Gasteiger partial charge in [0.05, 0.1) is 29.6 Å². The molecule has 1 aliphatic carbocycles. The van der Waals surface area contributed by atoms with Crippen molar-refractivity contribution in [1.82, 2.24) is 14.9 Å². The van der Waals surface area contributed by atoms with Gasteiger partial charge in [-0.15, -0.1) is 13.2 Å². The van der Waals surface area contributed by atoms with Crippen molar-refractivity contribution in [3.8, 4) is 16.9 Å². The lowest BCUT2D eigenvalue weighted by atomic mass is 9.94. The van der Waals surface area contributed by atoms with Gasteiger partial charge in [-0.1, -0.05) is 66.7 Å². The standard InChI is InChI=1S/C32H28F3N3O3/c33-32(34,35)41-25-13-11-22(12-14-25)23-7-4-6-21(18-23)19-28(39)38-17-5-10-27-26(20-38)29(40)37-30(36-27)31(15-16-31)24-8-2-1-3-9-24/h1-4,6-9,11-14,18H,5,10,15-17,19-20H2,(H,36,37,40). The van der Waals surface area contributed by atoms with Crippen molar-refractivity contribution in [2.75, 3.05) is 6.54 Å². The topological polar surface area (TPSA) is 75.3 Å². The molecule has 0 atom stereocenters. The number of alkyl halides is 3. The van der Waals surface area contributed by atoms with Gasteiger partial charge in [0.1, 0.15) is 11.6 Å². The average molecular weight is 560 g/mol. The molecule has 3 aromatic carbocycles. The second-order valence-corrected chi connectivity index (χ2v) is 10.7. The molecular weight excluding hydrogens is 531 g/mol. The van der Waals surface area contributed by atoms with Gasteiger partial charge in [0.2, 0.25) is 5.91 Å². The molecule has 210 valence electrons. The Kier molecular flexibility index (Phi) is 6.89. The molecule has 41 heavy (non-hydrogen) atoms. The summed E-state index contributed by atoms with van der Waals surface area (Å²) in [5.41, 5.74) is 4.28. The number of fused-ring (bicyclic) bond motifs is 1. The Balaban J connectivity index is 1.17. The maximum Gasteiger partial charge on any atom is 0.573 e. The maximum atomic E-state index is 13.4. The third-order valence-corrected chi connectivity index (χ3v) is 7.88. The van der Waals surface area contributed by atoms with Gasteiger partial charge >= 0.3 is 6.36 Å². The van der Waals surface area contributed by atoms with Crippen molar-refractivity contribution in [2.24, 2.45) is 0 Å². The minimum absolute atomic E-state index is 0.102. The van der Waals surface area contributed by atoms with Crippen molar-refractivity contribution in [2.45, 2.75) is 50.4 Å². The normalized spacial score (nSPS) is 16.0. The average Bonchev–Trinajstić information content (AvgIpc) is 3.78. The van der Waals surface area contributed by atoms with Crippen molar-refractivity contribution in [3.63, 3.8) is 0 Å². The number of nitrogens with zero attached hydrogens (tertiary/aromatic N) is 2. The first-order valence-electron chi connectivity index (χ1n) is 13.6. The van der Waals surface area contributed by atoms with Gasteiger partial charge in [0, 0.05) is 6.54 Å². The third-order valence-electron chi connectivity index (χ3n) is 7.88. The van der Waals surface area contributed by atoms with Gasteiger partial charge in [0.15, 0.2) is 0 Å². The van der Waals surface area contributed by atoms with Crippen LogP contribution < -0.4 is 10.3 Å². The van der Waals surface area contributed by atoms with Gasteiger partial charge < -0.3 is 14.6 Å². The molecule has 0 saturated heterocycles. The first kappa shape index (κ1) is 26.8. The first-order chi connectivity index (χ1) is 19.7. The van der Waals surface area contributed by atoms with Crippen LogP contribution in [0.3, 0.4) is 0 Å². The zero-order valence-corrected chi connectivity index (χ0v) is 22.2. The number of nitrogens with one attached hydrogen (secondary N) is 1. The lowest BCUT2D eigenvalue weighted by molar-refractivity contribution is -0.274. The zero-order chi connectivity index (χ0) is 28.6. The molecule has 9 heteroatoms. The SMILES string of the molecule is O=C(Cc1cccc(-c2ccc(OC(F)(F)F)cc2)c1)N1CCCc2nc(C3(c4ccccc4)CC3)[nH]c(=O)c2C1. The third kappa shape index (κ3) is 5.75. The fraction of sp³-hybridized carbons (Fsp3) is 0.281. The predicted molar refractivity (Wildman–Crippen MR) is 147 cm³/mol. The summed E-state index contributed by atoms with van der Waals surface area (Å²) in [7, 11) is 0. The minimum Gasteiger partial charge on any atom is -0.406 e. The molecule has 2 aliphatic rings. The molecule has 0 unspecified atom stereocenters. The molecule has 1 N–H and O–H groups in total. The quantitative estimate of drug-likeness (QED) is 0.318. The second-order valence-electron chi connectivity index (χ2n) is 10.7. The minimum atomic E-state index is -4.75. The van der Waals surface area contributed by atoms with Crippen LogP contribution in [0.4, 0.5) is 13.2 Å². The molecule has 0 bridgehead atoms.